The molecule has 28 heavy (non-hydrogen) atoms. The Balaban J connectivity index is 1.50. The number of benzene rings is 2. The van der Waals surface area contributed by atoms with Gasteiger partial charge in [0.05, 0.1) is 5.76 Å². The standard InChI is InChI=1S/C23H23N3O2/c1-24-21-14-17(16-3-9-22-18(13-16)11-12-26(22)2)4-10-23(21)28-15-25-19-5-7-20(27)8-6-19/h3-5,7,9-14,25,27H,1,6,8,15H2,2H3. The number of aliphatic hydroxyl groups is 1. The van der Waals surface area contributed by atoms with Crippen LogP contribution in [0.2, 0.25) is 0 Å². The average molecular weight is 373 g/mol. The number of ether oxygens (including phenoxy) is 1. The fourth-order valence-corrected chi connectivity index (χ4v) is 3.38. The molecule has 142 valence electrons. The van der Waals surface area contributed by atoms with Crippen LogP contribution < -0.4 is 10.1 Å². The third-order valence-electron chi connectivity index (χ3n) is 5.00. The van der Waals surface area contributed by atoms with Gasteiger partial charge in [0, 0.05) is 36.3 Å². The lowest BCUT2D eigenvalue weighted by atomic mass is 10.0. The van der Waals surface area contributed by atoms with Crippen LogP contribution in [0.15, 0.2) is 77.3 Å². The maximum absolute atomic E-state index is 9.42. The second-order valence-electron chi connectivity index (χ2n) is 6.86. The maximum Gasteiger partial charge on any atom is 0.158 e. The van der Waals surface area contributed by atoms with Crippen molar-refractivity contribution in [2.75, 3.05) is 6.73 Å². The van der Waals surface area contributed by atoms with E-state index in [1.165, 1.54) is 10.9 Å². The van der Waals surface area contributed by atoms with Crippen LogP contribution in [0, 0.1) is 0 Å². The first-order valence-electron chi connectivity index (χ1n) is 9.25. The van der Waals surface area contributed by atoms with E-state index in [2.05, 4.69) is 52.1 Å². The lowest BCUT2D eigenvalue weighted by molar-refractivity contribution is 0.295. The number of hydrogen-bond acceptors (Lipinski definition) is 4. The fraction of sp³-hybridized carbons (Fsp3) is 0.174. The molecular weight excluding hydrogens is 350 g/mol. The summed E-state index contributed by atoms with van der Waals surface area (Å²) in [6.07, 6.45) is 7.07. The Morgan fingerprint density at radius 1 is 1.11 bits per heavy atom. The number of aryl methyl sites for hydroxylation is 1. The van der Waals surface area contributed by atoms with Crippen LogP contribution in [-0.2, 0) is 7.05 Å². The normalized spacial score (nSPS) is 13.8. The van der Waals surface area contributed by atoms with Gasteiger partial charge in [0.2, 0.25) is 0 Å². The summed E-state index contributed by atoms with van der Waals surface area (Å²) >= 11 is 0. The van der Waals surface area contributed by atoms with Gasteiger partial charge in [0.1, 0.15) is 11.4 Å². The second-order valence-corrected chi connectivity index (χ2v) is 6.86. The van der Waals surface area contributed by atoms with E-state index >= 15 is 0 Å². The lowest BCUT2D eigenvalue weighted by Crippen LogP contribution is -2.20. The van der Waals surface area contributed by atoms with Crippen molar-refractivity contribution in [1.29, 1.82) is 0 Å². The topological polar surface area (TPSA) is 58.8 Å². The molecule has 5 nitrogen and oxygen atoms in total. The van der Waals surface area contributed by atoms with E-state index in [0.717, 1.165) is 23.2 Å². The van der Waals surface area contributed by atoms with Crippen LogP contribution in [0.5, 0.6) is 5.75 Å². The molecule has 2 N–H and O–H groups in total. The van der Waals surface area contributed by atoms with Gasteiger partial charge in [-0.2, -0.15) is 0 Å². The SMILES string of the molecule is C=Nc1cc(-c2ccc3c(ccn3C)c2)ccc1OCNC1=CC=C(O)CC1. The van der Waals surface area contributed by atoms with Crippen LogP contribution >= 0.6 is 0 Å². The van der Waals surface area contributed by atoms with Crippen LogP contribution in [0.3, 0.4) is 0 Å². The largest absolute Gasteiger partial charge is 0.512 e. The molecule has 0 bridgehead atoms. The number of nitrogens with zero attached hydrogens (tertiary/aromatic N) is 2. The molecule has 4 rings (SSSR count). The van der Waals surface area contributed by atoms with Crippen molar-refractivity contribution in [3.05, 3.63) is 72.3 Å². The number of aliphatic hydroxyl groups excluding tert-OH is 1. The average Bonchev–Trinajstić information content (AvgIpc) is 3.10. The van der Waals surface area contributed by atoms with Crippen molar-refractivity contribution in [2.24, 2.45) is 12.0 Å². The quantitative estimate of drug-likeness (QED) is 0.460. The monoisotopic (exact) mass is 373 g/mol. The van der Waals surface area contributed by atoms with Gasteiger partial charge in [0.15, 0.2) is 6.73 Å². The van der Waals surface area contributed by atoms with Gasteiger partial charge >= 0.3 is 0 Å². The van der Waals surface area contributed by atoms with E-state index in [1.807, 2.05) is 31.3 Å². The van der Waals surface area contributed by atoms with Crippen molar-refractivity contribution < 1.29 is 9.84 Å². The lowest BCUT2D eigenvalue weighted by Gasteiger charge is -2.15. The number of aromatic nitrogens is 1. The minimum absolute atomic E-state index is 0.332. The minimum atomic E-state index is 0.332. The van der Waals surface area contributed by atoms with E-state index in [9.17, 15) is 5.11 Å². The predicted octanol–water partition coefficient (Wildman–Crippen LogP) is 5.22. The molecule has 2 aromatic carbocycles. The minimum Gasteiger partial charge on any atom is -0.512 e. The molecule has 1 heterocycles. The first kappa shape index (κ1) is 17.9. The van der Waals surface area contributed by atoms with Gasteiger partial charge in [-0.15, -0.1) is 0 Å². The molecule has 0 radical (unpaired) electrons. The summed E-state index contributed by atoms with van der Waals surface area (Å²) in [6.45, 7) is 4.02. The highest BCUT2D eigenvalue weighted by atomic mass is 16.5. The Labute approximate surface area is 164 Å². The Hall–Kier alpha value is -3.47. The fourth-order valence-electron chi connectivity index (χ4n) is 3.38. The van der Waals surface area contributed by atoms with E-state index in [0.29, 0.717) is 30.3 Å². The first-order valence-corrected chi connectivity index (χ1v) is 9.25. The summed E-state index contributed by atoms with van der Waals surface area (Å²) in [5.74, 6) is 1.09. The van der Waals surface area contributed by atoms with Crippen LogP contribution in [0.4, 0.5) is 5.69 Å². The van der Waals surface area contributed by atoms with Gasteiger partial charge in [-0.25, -0.2) is 0 Å². The summed E-state index contributed by atoms with van der Waals surface area (Å²) in [6, 6.07) is 14.5. The summed E-state index contributed by atoms with van der Waals surface area (Å²) in [5, 5.41) is 13.9. The zero-order chi connectivity index (χ0) is 19.5. The van der Waals surface area contributed by atoms with Crippen molar-refractivity contribution in [2.45, 2.75) is 12.8 Å². The molecule has 0 spiro atoms. The zero-order valence-electron chi connectivity index (χ0n) is 15.9. The highest BCUT2D eigenvalue weighted by molar-refractivity contribution is 5.86. The third-order valence-corrected chi connectivity index (χ3v) is 5.00. The molecule has 0 fully saturated rings. The maximum atomic E-state index is 9.42. The van der Waals surface area contributed by atoms with Crippen molar-refractivity contribution in [3.8, 4) is 16.9 Å². The highest BCUT2D eigenvalue weighted by Crippen LogP contribution is 2.33. The molecule has 0 unspecified atom stereocenters. The molecule has 1 aromatic heterocycles. The van der Waals surface area contributed by atoms with Gasteiger partial charge in [0.25, 0.3) is 0 Å². The summed E-state index contributed by atoms with van der Waals surface area (Å²) < 4.78 is 7.96. The molecule has 1 aliphatic carbocycles. The molecule has 0 atom stereocenters. The molecule has 0 saturated heterocycles. The number of fused-ring (bicyclic) bond motifs is 1. The van der Waals surface area contributed by atoms with Crippen molar-refractivity contribution in [3.63, 3.8) is 0 Å². The Morgan fingerprint density at radius 2 is 1.93 bits per heavy atom. The Kier molecular flexibility index (Phi) is 4.89. The van der Waals surface area contributed by atoms with Gasteiger partial charge in [-0.1, -0.05) is 12.1 Å². The highest BCUT2D eigenvalue weighted by Gasteiger charge is 2.09. The number of hydrogen-bond donors (Lipinski definition) is 2. The van der Waals surface area contributed by atoms with Gasteiger partial charge in [-0.3, -0.25) is 4.99 Å². The van der Waals surface area contributed by atoms with E-state index < -0.39 is 0 Å². The summed E-state index contributed by atoms with van der Waals surface area (Å²) in [4.78, 5) is 4.13. The van der Waals surface area contributed by atoms with E-state index in [1.54, 1.807) is 6.08 Å². The van der Waals surface area contributed by atoms with Crippen LogP contribution in [0.1, 0.15) is 12.8 Å². The molecule has 0 amide bonds. The molecular formula is C23H23N3O2. The molecule has 5 heteroatoms. The van der Waals surface area contributed by atoms with E-state index in [4.69, 9.17) is 4.74 Å². The molecule has 0 saturated carbocycles. The zero-order valence-corrected chi connectivity index (χ0v) is 15.9. The second kappa shape index (κ2) is 7.64. The third kappa shape index (κ3) is 3.64. The summed E-state index contributed by atoms with van der Waals surface area (Å²) in [7, 11) is 2.05. The predicted molar refractivity (Wildman–Crippen MR) is 114 cm³/mol. The number of rotatable bonds is 6. The number of nitrogens with one attached hydrogen (secondary N) is 1. The smallest absolute Gasteiger partial charge is 0.158 e. The van der Waals surface area contributed by atoms with Crippen LogP contribution in [0.25, 0.3) is 22.0 Å². The van der Waals surface area contributed by atoms with Gasteiger partial charge < -0.3 is 19.7 Å². The number of allylic oxidation sites excluding steroid dienone is 4. The first-order chi connectivity index (χ1) is 13.6. The summed E-state index contributed by atoms with van der Waals surface area (Å²) in [5.41, 5.74) is 5.16. The Morgan fingerprint density at radius 3 is 2.71 bits per heavy atom. The van der Waals surface area contributed by atoms with Crippen molar-refractivity contribution >= 4 is 23.3 Å². The van der Waals surface area contributed by atoms with E-state index in [-0.39, 0.29) is 0 Å². The molecule has 3 aromatic rings. The van der Waals surface area contributed by atoms with Gasteiger partial charge in [-0.05, 0) is 66.7 Å². The Bertz CT molecular complexity index is 1090. The van der Waals surface area contributed by atoms with Crippen LogP contribution in [-0.4, -0.2) is 23.1 Å². The van der Waals surface area contributed by atoms with Crippen molar-refractivity contribution in [1.82, 2.24) is 9.88 Å². The molecule has 0 aliphatic heterocycles. The number of aliphatic imine (C=N–C) groups is 1. The molecule has 1 aliphatic rings.